The van der Waals surface area contributed by atoms with Crippen molar-refractivity contribution >= 4 is 40.8 Å². The van der Waals surface area contributed by atoms with Crippen molar-refractivity contribution in [3.63, 3.8) is 0 Å². The van der Waals surface area contributed by atoms with Crippen molar-refractivity contribution in [3.05, 3.63) is 100 Å². The molecule has 1 heterocycles. The lowest BCUT2D eigenvalue weighted by Gasteiger charge is -2.26. The highest BCUT2D eigenvalue weighted by Gasteiger charge is 2.23. The highest BCUT2D eigenvalue weighted by atomic mass is 35.5. The summed E-state index contributed by atoms with van der Waals surface area (Å²) in [7, 11) is 0. The van der Waals surface area contributed by atoms with Crippen molar-refractivity contribution in [2.45, 2.75) is 26.8 Å². The smallest absolute Gasteiger partial charge is 0.254 e. The molecule has 0 fully saturated rings. The van der Waals surface area contributed by atoms with Gasteiger partial charge < -0.3 is 10.2 Å². The van der Waals surface area contributed by atoms with Gasteiger partial charge in [-0.25, -0.2) is 4.68 Å². The normalized spacial score (nSPS) is 10.9. The average Bonchev–Trinajstić information content (AvgIpc) is 3.26. The lowest BCUT2D eigenvalue weighted by molar-refractivity contribution is -0.117. The number of benzene rings is 3. The number of hydrogen-bond acceptors (Lipinski definition) is 3. The molecular weight excluding hydrogens is 495 g/mol. The first-order chi connectivity index (χ1) is 17.2. The van der Waals surface area contributed by atoms with Gasteiger partial charge in [0.05, 0.1) is 11.4 Å². The second-order valence-corrected chi connectivity index (χ2v) is 9.63. The second-order valence-electron chi connectivity index (χ2n) is 8.76. The number of hydrogen-bond donors (Lipinski definition) is 1. The Labute approximate surface area is 220 Å². The van der Waals surface area contributed by atoms with Crippen molar-refractivity contribution in [2.75, 3.05) is 11.9 Å². The molecule has 0 radical (unpaired) electrons. The van der Waals surface area contributed by atoms with Crippen LogP contribution in [0.2, 0.25) is 10.0 Å². The van der Waals surface area contributed by atoms with Gasteiger partial charge in [0.1, 0.15) is 12.4 Å². The van der Waals surface area contributed by atoms with Crippen LogP contribution in [0.25, 0.3) is 16.9 Å². The lowest BCUT2D eigenvalue weighted by atomic mass is 10.1. The Morgan fingerprint density at radius 2 is 1.58 bits per heavy atom. The fourth-order valence-electron chi connectivity index (χ4n) is 3.77. The van der Waals surface area contributed by atoms with Crippen molar-refractivity contribution in [1.82, 2.24) is 14.7 Å². The van der Waals surface area contributed by atoms with Crippen LogP contribution in [0.15, 0.2) is 78.9 Å². The van der Waals surface area contributed by atoms with Gasteiger partial charge in [-0.1, -0.05) is 71.2 Å². The van der Waals surface area contributed by atoms with Crippen LogP contribution in [0, 0.1) is 6.92 Å². The van der Waals surface area contributed by atoms with Crippen LogP contribution in [0.3, 0.4) is 0 Å². The zero-order chi connectivity index (χ0) is 25.8. The molecule has 0 bridgehead atoms. The van der Waals surface area contributed by atoms with E-state index in [9.17, 15) is 9.59 Å². The number of halogens is 2. The van der Waals surface area contributed by atoms with Crippen molar-refractivity contribution in [2.24, 2.45) is 0 Å². The van der Waals surface area contributed by atoms with Crippen LogP contribution in [0.1, 0.15) is 29.8 Å². The summed E-state index contributed by atoms with van der Waals surface area (Å²) in [6, 6.07) is 23.8. The topological polar surface area (TPSA) is 67.2 Å². The monoisotopic (exact) mass is 520 g/mol. The fourth-order valence-corrected chi connectivity index (χ4v) is 4.30. The third kappa shape index (κ3) is 5.96. The van der Waals surface area contributed by atoms with Crippen LogP contribution >= 0.6 is 23.2 Å². The van der Waals surface area contributed by atoms with Gasteiger partial charge >= 0.3 is 0 Å². The van der Waals surface area contributed by atoms with Gasteiger partial charge in [0.15, 0.2) is 0 Å². The predicted molar refractivity (Wildman–Crippen MR) is 145 cm³/mol. The number of anilines is 1. The Balaban J connectivity index is 1.62. The SMILES string of the molecule is Cc1ccc(-n2nc(-c3ccccc3)cc2NC(=O)CN(C(=O)c2cc(Cl)cc(Cl)c2)C(C)C)cc1. The summed E-state index contributed by atoms with van der Waals surface area (Å²) in [5.74, 6) is -0.177. The van der Waals surface area contributed by atoms with E-state index in [1.807, 2.05) is 81.4 Å². The number of nitrogens with zero attached hydrogens (tertiary/aromatic N) is 3. The number of amides is 2. The predicted octanol–water partition coefficient (Wildman–Crippen LogP) is 6.64. The first-order valence-electron chi connectivity index (χ1n) is 11.5. The summed E-state index contributed by atoms with van der Waals surface area (Å²) in [6.07, 6.45) is 0. The molecular formula is C28H26Cl2N4O2. The zero-order valence-electron chi connectivity index (χ0n) is 20.2. The molecule has 1 N–H and O–H groups in total. The minimum Gasteiger partial charge on any atom is -0.327 e. The Kier molecular flexibility index (Phi) is 7.77. The third-order valence-corrected chi connectivity index (χ3v) is 6.07. The molecule has 8 heteroatoms. The molecule has 0 aliphatic carbocycles. The van der Waals surface area contributed by atoms with E-state index in [1.165, 1.54) is 4.90 Å². The molecule has 3 aromatic carbocycles. The van der Waals surface area contributed by atoms with E-state index >= 15 is 0 Å². The number of aromatic nitrogens is 2. The molecule has 2 amide bonds. The van der Waals surface area contributed by atoms with Gasteiger partial charge in [0.25, 0.3) is 5.91 Å². The second kappa shape index (κ2) is 11.0. The quantitative estimate of drug-likeness (QED) is 0.296. The van der Waals surface area contributed by atoms with Crippen molar-refractivity contribution in [3.8, 4) is 16.9 Å². The molecule has 1 aromatic heterocycles. The maximum absolute atomic E-state index is 13.2. The molecule has 0 aliphatic heterocycles. The van der Waals surface area contributed by atoms with E-state index < -0.39 is 0 Å². The number of nitrogens with one attached hydrogen (secondary N) is 1. The first-order valence-corrected chi connectivity index (χ1v) is 12.3. The molecule has 4 rings (SSSR count). The fraction of sp³-hybridized carbons (Fsp3) is 0.179. The van der Waals surface area contributed by atoms with Gasteiger partial charge in [-0.05, 0) is 51.1 Å². The number of aryl methyl sites for hydroxylation is 1. The summed E-state index contributed by atoms with van der Waals surface area (Å²) in [5.41, 5.74) is 3.90. The minimum absolute atomic E-state index is 0.152. The van der Waals surface area contributed by atoms with E-state index in [0.717, 1.165) is 22.5 Å². The average molecular weight is 521 g/mol. The van der Waals surface area contributed by atoms with Crippen LogP contribution in [-0.4, -0.2) is 39.1 Å². The Morgan fingerprint density at radius 1 is 0.944 bits per heavy atom. The maximum atomic E-state index is 13.2. The van der Waals surface area contributed by atoms with Crippen molar-refractivity contribution < 1.29 is 9.59 Å². The first kappa shape index (κ1) is 25.5. The van der Waals surface area contributed by atoms with Crippen LogP contribution < -0.4 is 5.32 Å². The van der Waals surface area contributed by atoms with E-state index in [0.29, 0.717) is 21.4 Å². The van der Waals surface area contributed by atoms with Crippen molar-refractivity contribution in [1.29, 1.82) is 0 Å². The molecule has 0 atom stereocenters. The molecule has 0 saturated heterocycles. The Hall–Kier alpha value is -3.61. The summed E-state index contributed by atoms with van der Waals surface area (Å²) >= 11 is 12.2. The molecule has 6 nitrogen and oxygen atoms in total. The number of carbonyl (C=O) groups is 2. The van der Waals surface area contributed by atoms with Gasteiger partial charge in [-0.3, -0.25) is 9.59 Å². The van der Waals surface area contributed by atoms with Crippen LogP contribution in [0.4, 0.5) is 5.82 Å². The lowest BCUT2D eigenvalue weighted by Crippen LogP contribution is -2.42. The van der Waals surface area contributed by atoms with Gasteiger partial charge in [0.2, 0.25) is 5.91 Å². The molecule has 184 valence electrons. The van der Waals surface area contributed by atoms with E-state index in [2.05, 4.69) is 5.32 Å². The Morgan fingerprint density at radius 3 is 2.19 bits per heavy atom. The van der Waals surface area contributed by atoms with Gasteiger partial charge in [0, 0.05) is 33.3 Å². The summed E-state index contributed by atoms with van der Waals surface area (Å²) < 4.78 is 1.69. The summed E-state index contributed by atoms with van der Waals surface area (Å²) in [5, 5.41) is 8.40. The number of carbonyl (C=O) groups excluding carboxylic acids is 2. The molecule has 0 saturated carbocycles. The van der Waals surface area contributed by atoms with E-state index in [4.69, 9.17) is 28.3 Å². The molecule has 0 aliphatic rings. The third-order valence-electron chi connectivity index (χ3n) is 5.63. The zero-order valence-corrected chi connectivity index (χ0v) is 21.7. The largest absolute Gasteiger partial charge is 0.327 e. The van der Waals surface area contributed by atoms with E-state index in [1.54, 1.807) is 22.9 Å². The van der Waals surface area contributed by atoms with Crippen LogP contribution in [0.5, 0.6) is 0 Å². The van der Waals surface area contributed by atoms with Gasteiger partial charge in [-0.15, -0.1) is 0 Å². The summed E-state index contributed by atoms with van der Waals surface area (Å²) in [4.78, 5) is 27.9. The van der Waals surface area contributed by atoms with Gasteiger partial charge in [-0.2, -0.15) is 5.10 Å². The Bertz CT molecular complexity index is 1360. The summed E-state index contributed by atoms with van der Waals surface area (Å²) in [6.45, 7) is 5.55. The highest BCUT2D eigenvalue weighted by molar-refractivity contribution is 6.35. The number of rotatable bonds is 7. The minimum atomic E-state index is -0.349. The molecule has 36 heavy (non-hydrogen) atoms. The maximum Gasteiger partial charge on any atom is 0.254 e. The highest BCUT2D eigenvalue weighted by Crippen LogP contribution is 2.25. The van der Waals surface area contributed by atoms with Crippen LogP contribution in [-0.2, 0) is 4.79 Å². The molecule has 0 unspecified atom stereocenters. The standard InChI is InChI=1S/C28H26Cl2N4O2/c1-18(2)33(28(36)21-13-22(29)15-23(30)14-21)17-27(35)31-26-16-25(20-7-5-4-6-8-20)32-34(26)24-11-9-19(3)10-12-24/h4-16,18H,17H2,1-3H3,(H,31,35). The van der Waals surface area contributed by atoms with E-state index in [-0.39, 0.29) is 24.4 Å². The molecule has 0 spiro atoms. The molecule has 4 aromatic rings.